The molecule has 2 heterocycles. The van der Waals surface area contributed by atoms with Gasteiger partial charge in [-0.1, -0.05) is 5.16 Å². The number of hydrogen-bond donors (Lipinski definition) is 3. The molecular weight excluding hydrogens is 268 g/mol. The zero-order valence-corrected chi connectivity index (χ0v) is 12.5. The normalized spacial score (nSPS) is 15.8. The lowest BCUT2D eigenvalue weighted by Crippen LogP contribution is -2.14. The van der Waals surface area contributed by atoms with Crippen molar-refractivity contribution in [2.45, 2.75) is 45.6 Å². The maximum absolute atomic E-state index is 5.49. The van der Waals surface area contributed by atoms with Crippen LogP contribution in [0.25, 0.3) is 0 Å². The summed E-state index contributed by atoms with van der Waals surface area (Å²) >= 11 is 0. The van der Waals surface area contributed by atoms with Crippen LogP contribution in [0.3, 0.4) is 0 Å². The predicted octanol–water partition coefficient (Wildman–Crippen LogP) is 2.42. The summed E-state index contributed by atoms with van der Waals surface area (Å²) in [5.74, 6) is 9.00. The minimum atomic E-state index is 0.0452. The van der Waals surface area contributed by atoms with Gasteiger partial charge in [0, 0.05) is 17.5 Å². The summed E-state index contributed by atoms with van der Waals surface area (Å²) in [5, 5.41) is 7.37. The molecule has 4 N–H and O–H groups in total. The van der Waals surface area contributed by atoms with Gasteiger partial charge >= 0.3 is 0 Å². The Labute approximate surface area is 123 Å². The van der Waals surface area contributed by atoms with Gasteiger partial charge in [-0.25, -0.2) is 15.8 Å². The van der Waals surface area contributed by atoms with Crippen LogP contribution in [0.15, 0.2) is 10.6 Å². The van der Waals surface area contributed by atoms with Crippen molar-refractivity contribution in [1.82, 2.24) is 15.1 Å². The number of rotatable bonds is 5. The summed E-state index contributed by atoms with van der Waals surface area (Å²) < 4.78 is 5.22. The van der Waals surface area contributed by atoms with Gasteiger partial charge in [-0.15, -0.1) is 0 Å². The molecule has 0 aliphatic heterocycles. The molecule has 0 aromatic carbocycles. The topological polar surface area (TPSA) is 102 Å². The molecule has 1 atom stereocenters. The Morgan fingerprint density at radius 2 is 2.00 bits per heavy atom. The number of aryl methyl sites for hydroxylation is 2. The molecule has 2 aromatic rings. The third kappa shape index (κ3) is 2.82. The first kappa shape index (κ1) is 13.8. The molecule has 0 spiro atoms. The molecule has 1 aliphatic rings. The molecule has 21 heavy (non-hydrogen) atoms. The Hall–Kier alpha value is -2.15. The molecule has 0 amide bonds. The molecule has 3 rings (SSSR count). The number of hydrogen-bond acceptors (Lipinski definition) is 7. The van der Waals surface area contributed by atoms with E-state index in [2.05, 4.69) is 32.8 Å². The minimum absolute atomic E-state index is 0.0452. The highest BCUT2D eigenvalue weighted by Crippen LogP contribution is 2.39. The molecule has 1 unspecified atom stereocenters. The number of nitrogens with zero attached hydrogens (tertiary/aromatic N) is 3. The number of aromatic nitrogens is 3. The second-order valence-electron chi connectivity index (χ2n) is 5.52. The van der Waals surface area contributed by atoms with Gasteiger partial charge in [0.2, 0.25) is 0 Å². The van der Waals surface area contributed by atoms with E-state index >= 15 is 0 Å². The molecule has 7 nitrogen and oxygen atoms in total. The quantitative estimate of drug-likeness (QED) is 0.573. The second-order valence-corrected chi connectivity index (χ2v) is 5.52. The zero-order valence-electron chi connectivity index (χ0n) is 12.5. The molecule has 2 aromatic heterocycles. The first-order valence-electron chi connectivity index (χ1n) is 7.13. The van der Waals surface area contributed by atoms with Crippen LogP contribution >= 0.6 is 0 Å². The van der Waals surface area contributed by atoms with E-state index in [4.69, 9.17) is 10.4 Å². The van der Waals surface area contributed by atoms with Crippen molar-refractivity contribution in [3.63, 3.8) is 0 Å². The van der Waals surface area contributed by atoms with Crippen molar-refractivity contribution in [2.24, 2.45) is 5.84 Å². The molecular formula is C14H20N6O. The number of hydrazine groups is 1. The number of nitrogens with two attached hydrogens (primary N) is 1. The van der Waals surface area contributed by atoms with Crippen LogP contribution in [-0.2, 0) is 0 Å². The lowest BCUT2D eigenvalue weighted by Gasteiger charge is -2.15. The molecule has 0 radical (unpaired) electrons. The molecule has 1 aliphatic carbocycles. The third-order valence-electron chi connectivity index (χ3n) is 3.72. The number of nitrogens with one attached hydrogen (secondary N) is 2. The fourth-order valence-corrected chi connectivity index (χ4v) is 2.54. The summed E-state index contributed by atoms with van der Waals surface area (Å²) in [6.45, 7) is 5.91. The first-order valence-corrected chi connectivity index (χ1v) is 7.13. The summed E-state index contributed by atoms with van der Waals surface area (Å²) in [6, 6.07) is 1.85. The lowest BCUT2D eigenvalue weighted by atomic mass is 10.1. The van der Waals surface area contributed by atoms with Gasteiger partial charge < -0.3 is 15.3 Å². The predicted molar refractivity (Wildman–Crippen MR) is 79.8 cm³/mol. The molecule has 7 heteroatoms. The van der Waals surface area contributed by atoms with Gasteiger partial charge in [-0.05, 0) is 33.6 Å². The highest BCUT2D eigenvalue weighted by atomic mass is 16.5. The lowest BCUT2D eigenvalue weighted by molar-refractivity contribution is 0.392. The van der Waals surface area contributed by atoms with E-state index in [0.717, 1.165) is 41.5 Å². The molecule has 112 valence electrons. The van der Waals surface area contributed by atoms with Crippen LogP contribution in [-0.4, -0.2) is 15.1 Å². The zero-order chi connectivity index (χ0) is 15.0. The van der Waals surface area contributed by atoms with E-state index in [1.807, 2.05) is 13.8 Å². The summed E-state index contributed by atoms with van der Waals surface area (Å²) in [6.07, 6.45) is 2.29. The average Bonchev–Trinajstić information content (AvgIpc) is 3.24. The standard InChI is InChI=1S/C14H20N6O/c1-7(13-8(2)20-21-9(13)3)16-11-6-12(19-15)18-14(17-11)10-4-5-10/h6-7,10H,4-5,15H2,1-3H3,(H2,16,17,18,19). The van der Waals surface area contributed by atoms with Crippen molar-refractivity contribution in [2.75, 3.05) is 10.7 Å². The first-order chi connectivity index (χ1) is 10.1. The van der Waals surface area contributed by atoms with Gasteiger partial charge in [-0.2, -0.15) is 0 Å². The van der Waals surface area contributed by atoms with Crippen molar-refractivity contribution in [1.29, 1.82) is 0 Å². The molecule has 1 fully saturated rings. The van der Waals surface area contributed by atoms with Crippen LogP contribution in [0, 0.1) is 13.8 Å². The van der Waals surface area contributed by atoms with E-state index in [0.29, 0.717) is 11.7 Å². The van der Waals surface area contributed by atoms with Crippen LogP contribution < -0.4 is 16.6 Å². The molecule has 1 saturated carbocycles. The fraction of sp³-hybridized carbons (Fsp3) is 0.500. The van der Waals surface area contributed by atoms with Gasteiger partial charge in [-0.3, -0.25) is 0 Å². The van der Waals surface area contributed by atoms with Crippen molar-refractivity contribution in [3.05, 3.63) is 28.9 Å². The van der Waals surface area contributed by atoms with Gasteiger partial charge in [0.15, 0.2) is 0 Å². The molecule has 0 bridgehead atoms. The SMILES string of the molecule is Cc1noc(C)c1C(C)Nc1cc(NN)nc(C2CC2)n1. The van der Waals surface area contributed by atoms with Gasteiger partial charge in [0.1, 0.15) is 23.2 Å². The Morgan fingerprint density at radius 3 is 2.57 bits per heavy atom. The summed E-state index contributed by atoms with van der Waals surface area (Å²) in [5.41, 5.74) is 4.55. The van der Waals surface area contributed by atoms with E-state index in [1.165, 1.54) is 0 Å². The average molecular weight is 288 g/mol. The fourth-order valence-electron chi connectivity index (χ4n) is 2.54. The highest BCUT2D eigenvalue weighted by molar-refractivity contribution is 5.49. The van der Waals surface area contributed by atoms with Crippen molar-refractivity contribution in [3.8, 4) is 0 Å². The Balaban J connectivity index is 1.85. The maximum Gasteiger partial charge on any atom is 0.145 e. The Morgan fingerprint density at radius 1 is 1.29 bits per heavy atom. The maximum atomic E-state index is 5.49. The van der Waals surface area contributed by atoms with E-state index in [1.54, 1.807) is 6.07 Å². The van der Waals surface area contributed by atoms with E-state index in [9.17, 15) is 0 Å². The Kier molecular flexibility index (Phi) is 3.50. The van der Waals surface area contributed by atoms with Crippen molar-refractivity contribution < 1.29 is 4.52 Å². The highest BCUT2D eigenvalue weighted by Gasteiger charge is 2.27. The number of nitrogen functional groups attached to an aromatic ring is 1. The molecule has 0 saturated heterocycles. The van der Waals surface area contributed by atoms with E-state index < -0.39 is 0 Å². The van der Waals surface area contributed by atoms with Crippen LogP contribution in [0.2, 0.25) is 0 Å². The third-order valence-corrected chi connectivity index (χ3v) is 3.72. The van der Waals surface area contributed by atoms with Gasteiger partial charge in [0.05, 0.1) is 11.7 Å². The Bertz CT molecular complexity index is 629. The summed E-state index contributed by atoms with van der Waals surface area (Å²) in [7, 11) is 0. The van der Waals surface area contributed by atoms with Crippen LogP contribution in [0.4, 0.5) is 11.6 Å². The van der Waals surface area contributed by atoms with Crippen molar-refractivity contribution >= 4 is 11.6 Å². The number of anilines is 2. The minimum Gasteiger partial charge on any atom is -0.363 e. The van der Waals surface area contributed by atoms with Crippen LogP contribution in [0.1, 0.15) is 54.6 Å². The largest absolute Gasteiger partial charge is 0.363 e. The van der Waals surface area contributed by atoms with Gasteiger partial charge in [0.25, 0.3) is 0 Å². The summed E-state index contributed by atoms with van der Waals surface area (Å²) in [4.78, 5) is 8.98. The monoisotopic (exact) mass is 288 g/mol. The van der Waals surface area contributed by atoms with E-state index in [-0.39, 0.29) is 6.04 Å². The van der Waals surface area contributed by atoms with Crippen LogP contribution in [0.5, 0.6) is 0 Å². The second kappa shape index (κ2) is 5.33. The smallest absolute Gasteiger partial charge is 0.145 e.